The number of carbonyl (C=O) groups excluding carboxylic acids is 1. The number of fused-ring (bicyclic) bond motifs is 1. The summed E-state index contributed by atoms with van der Waals surface area (Å²) >= 11 is 1.53. The third kappa shape index (κ3) is 3.48. The van der Waals surface area contributed by atoms with Gasteiger partial charge >= 0.3 is 0 Å². The second kappa shape index (κ2) is 5.82. The number of carbonyl (C=O) groups is 1. The van der Waals surface area contributed by atoms with Crippen molar-refractivity contribution in [1.29, 1.82) is 0 Å². The lowest BCUT2D eigenvalue weighted by molar-refractivity contribution is -0.118. The molecule has 0 bridgehead atoms. The molecular formula is C13H14ClF2N3OS. The fourth-order valence-electron chi connectivity index (χ4n) is 2.25. The van der Waals surface area contributed by atoms with Gasteiger partial charge in [0.05, 0.1) is 27.8 Å². The molecule has 2 N–H and O–H groups in total. The van der Waals surface area contributed by atoms with E-state index in [4.69, 9.17) is 0 Å². The predicted octanol–water partition coefficient (Wildman–Crippen LogP) is 2.96. The molecule has 21 heavy (non-hydrogen) atoms. The summed E-state index contributed by atoms with van der Waals surface area (Å²) in [4.78, 5) is 16.2. The van der Waals surface area contributed by atoms with Gasteiger partial charge in [-0.05, 0) is 25.1 Å². The Morgan fingerprint density at radius 2 is 2.29 bits per heavy atom. The van der Waals surface area contributed by atoms with Gasteiger partial charge in [-0.15, -0.1) is 23.7 Å². The Kier molecular flexibility index (Phi) is 4.46. The standard InChI is InChI=1S/C13H13F2N3OS.ClH/c1-7-17-9-3-2-8(4-11(9)20-7)18-12(19)10-5-13(14,15)6-16-10;/h2-4,10,16H,5-6H2,1H3,(H,18,19);1H. The Hall–Kier alpha value is -1.31. The minimum atomic E-state index is -2.80. The summed E-state index contributed by atoms with van der Waals surface area (Å²) in [6, 6.07) is 4.51. The Labute approximate surface area is 130 Å². The molecule has 114 valence electrons. The van der Waals surface area contributed by atoms with Crippen molar-refractivity contribution in [3.05, 3.63) is 23.2 Å². The SMILES string of the molecule is Cc1nc2ccc(NC(=O)C3CC(F)(F)CN3)cc2s1.Cl. The smallest absolute Gasteiger partial charge is 0.262 e. The van der Waals surface area contributed by atoms with Crippen LogP contribution in [0.25, 0.3) is 10.2 Å². The normalized spacial score (nSPS) is 20.2. The topological polar surface area (TPSA) is 54.0 Å². The van der Waals surface area contributed by atoms with Crippen molar-refractivity contribution in [3.8, 4) is 0 Å². The van der Waals surface area contributed by atoms with Gasteiger partial charge in [-0.3, -0.25) is 10.1 Å². The number of nitrogens with one attached hydrogen (secondary N) is 2. The Balaban J connectivity index is 0.00000161. The van der Waals surface area contributed by atoms with Crippen LogP contribution < -0.4 is 10.6 Å². The fraction of sp³-hybridized carbons (Fsp3) is 0.385. The zero-order chi connectivity index (χ0) is 14.3. The number of alkyl halides is 2. The maximum absolute atomic E-state index is 13.1. The summed E-state index contributed by atoms with van der Waals surface area (Å²) in [6.07, 6.45) is -0.458. The molecule has 1 amide bonds. The van der Waals surface area contributed by atoms with E-state index in [1.807, 2.05) is 19.1 Å². The Morgan fingerprint density at radius 1 is 1.52 bits per heavy atom. The largest absolute Gasteiger partial charge is 0.325 e. The van der Waals surface area contributed by atoms with Gasteiger partial charge in [-0.25, -0.2) is 13.8 Å². The number of rotatable bonds is 2. The number of aromatic nitrogens is 1. The van der Waals surface area contributed by atoms with E-state index in [9.17, 15) is 13.6 Å². The Morgan fingerprint density at radius 3 is 2.95 bits per heavy atom. The van der Waals surface area contributed by atoms with Crippen LogP contribution in [0.5, 0.6) is 0 Å². The van der Waals surface area contributed by atoms with Crippen LogP contribution >= 0.6 is 23.7 Å². The van der Waals surface area contributed by atoms with E-state index in [0.717, 1.165) is 15.2 Å². The van der Waals surface area contributed by atoms with Crippen molar-refractivity contribution < 1.29 is 13.6 Å². The summed E-state index contributed by atoms with van der Waals surface area (Å²) in [5.41, 5.74) is 1.47. The van der Waals surface area contributed by atoms with Gasteiger partial charge in [0.1, 0.15) is 0 Å². The molecule has 1 aromatic heterocycles. The highest BCUT2D eigenvalue weighted by Gasteiger charge is 2.42. The van der Waals surface area contributed by atoms with Crippen molar-refractivity contribution in [1.82, 2.24) is 10.3 Å². The molecule has 2 heterocycles. The van der Waals surface area contributed by atoms with Crippen LogP contribution in [0.1, 0.15) is 11.4 Å². The van der Waals surface area contributed by atoms with Crippen LogP contribution in [-0.4, -0.2) is 29.4 Å². The van der Waals surface area contributed by atoms with E-state index in [2.05, 4.69) is 15.6 Å². The summed E-state index contributed by atoms with van der Waals surface area (Å²) in [5, 5.41) is 6.15. The zero-order valence-electron chi connectivity index (χ0n) is 11.2. The van der Waals surface area contributed by atoms with Crippen LogP contribution in [0.15, 0.2) is 18.2 Å². The van der Waals surface area contributed by atoms with E-state index < -0.39 is 30.8 Å². The van der Waals surface area contributed by atoms with Crippen molar-refractivity contribution in [2.24, 2.45) is 0 Å². The molecule has 1 saturated heterocycles. The van der Waals surface area contributed by atoms with Gasteiger partial charge in [-0.2, -0.15) is 0 Å². The lowest BCUT2D eigenvalue weighted by Gasteiger charge is -2.11. The van der Waals surface area contributed by atoms with Gasteiger partial charge < -0.3 is 5.32 Å². The minimum absolute atomic E-state index is 0. The van der Waals surface area contributed by atoms with Gasteiger partial charge in [0.15, 0.2) is 0 Å². The number of amides is 1. The average molecular weight is 334 g/mol. The molecule has 2 aromatic rings. The first kappa shape index (κ1) is 16.1. The quantitative estimate of drug-likeness (QED) is 0.888. The number of hydrogen-bond acceptors (Lipinski definition) is 4. The molecule has 1 aliphatic heterocycles. The van der Waals surface area contributed by atoms with E-state index in [0.29, 0.717) is 5.69 Å². The summed E-state index contributed by atoms with van der Waals surface area (Å²) < 4.78 is 27.1. The molecule has 1 unspecified atom stereocenters. The van der Waals surface area contributed by atoms with E-state index in [1.165, 1.54) is 11.3 Å². The molecule has 1 atom stereocenters. The first-order valence-corrected chi connectivity index (χ1v) is 7.04. The third-order valence-corrected chi connectivity index (χ3v) is 4.12. The maximum atomic E-state index is 13.1. The molecule has 0 radical (unpaired) electrons. The third-order valence-electron chi connectivity index (χ3n) is 3.19. The van der Waals surface area contributed by atoms with Crippen molar-refractivity contribution >= 4 is 45.6 Å². The second-order valence-corrected chi connectivity index (χ2v) is 6.13. The number of aryl methyl sites for hydroxylation is 1. The second-order valence-electron chi connectivity index (χ2n) is 4.90. The zero-order valence-corrected chi connectivity index (χ0v) is 12.8. The fourth-order valence-corrected chi connectivity index (χ4v) is 3.11. The number of thiazole rings is 1. The van der Waals surface area contributed by atoms with E-state index >= 15 is 0 Å². The molecule has 1 fully saturated rings. The van der Waals surface area contributed by atoms with Gasteiger partial charge in [0, 0.05) is 12.1 Å². The monoisotopic (exact) mass is 333 g/mol. The molecule has 0 spiro atoms. The lowest BCUT2D eigenvalue weighted by atomic mass is 10.2. The molecule has 0 aliphatic carbocycles. The van der Waals surface area contributed by atoms with Crippen LogP contribution in [0.3, 0.4) is 0 Å². The van der Waals surface area contributed by atoms with Crippen molar-refractivity contribution in [3.63, 3.8) is 0 Å². The van der Waals surface area contributed by atoms with Crippen molar-refractivity contribution in [2.45, 2.75) is 25.3 Å². The van der Waals surface area contributed by atoms with Crippen molar-refractivity contribution in [2.75, 3.05) is 11.9 Å². The average Bonchev–Trinajstić information content (AvgIpc) is 2.90. The first-order chi connectivity index (χ1) is 9.43. The highest BCUT2D eigenvalue weighted by atomic mass is 35.5. The molecule has 1 aliphatic rings. The van der Waals surface area contributed by atoms with Gasteiger partial charge in [-0.1, -0.05) is 0 Å². The summed E-state index contributed by atoms with van der Waals surface area (Å²) in [6.45, 7) is 1.46. The number of halogens is 3. The highest BCUT2D eigenvalue weighted by Crippen LogP contribution is 2.27. The van der Waals surface area contributed by atoms with Crippen LogP contribution in [0, 0.1) is 6.92 Å². The first-order valence-electron chi connectivity index (χ1n) is 6.22. The number of hydrogen-bond donors (Lipinski definition) is 2. The van der Waals surface area contributed by atoms with E-state index in [1.54, 1.807) is 6.07 Å². The molecule has 3 rings (SSSR count). The van der Waals surface area contributed by atoms with Gasteiger partial charge in [0.25, 0.3) is 5.92 Å². The highest BCUT2D eigenvalue weighted by molar-refractivity contribution is 7.18. The number of anilines is 1. The Bertz CT molecular complexity index is 676. The molecule has 0 saturated carbocycles. The van der Waals surface area contributed by atoms with E-state index in [-0.39, 0.29) is 12.4 Å². The van der Waals surface area contributed by atoms with Crippen LogP contribution in [0.2, 0.25) is 0 Å². The molecule has 8 heteroatoms. The summed E-state index contributed by atoms with van der Waals surface area (Å²) in [5.74, 6) is -3.23. The van der Waals surface area contributed by atoms with Gasteiger partial charge in [0.2, 0.25) is 5.91 Å². The minimum Gasteiger partial charge on any atom is -0.325 e. The molecule has 1 aromatic carbocycles. The molecular weight excluding hydrogens is 320 g/mol. The van der Waals surface area contributed by atoms with Crippen LogP contribution in [0.4, 0.5) is 14.5 Å². The van der Waals surface area contributed by atoms with Crippen LogP contribution in [-0.2, 0) is 4.79 Å². The predicted molar refractivity (Wildman–Crippen MR) is 81.6 cm³/mol. The maximum Gasteiger partial charge on any atom is 0.262 e. The molecule has 4 nitrogen and oxygen atoms in total. The number of benzene rings is 1. The summed E-state index contributed by atoms with van der Waals surface area (Å²) in [7, 11) is 0. The number of nitrogens with zero attached hydrogens (tertiary/aromatic N) is 1. The lowest BCUT2D eigenvalue weighted by Crippen LogP contribution is -2.35.